The van der Waals surface area contributed by atoms with Crippen molar-refractivity contribution in [1.29, 1.82) is 0 Å². The van der Waals surface area contributed by atoms with E-state index in [0.29, 0.717) is 16.7 Å². The number of hydrogen-bond donors (Lipinski definition) is 3. The van der Waals surface area contributed by atoms with E-state index in [-0.39, 0.29) is 23.9 Å². The number of amides is 2. The molecular formula is C14H20BrFN2O2. The van der Waals surface area contributed by atoms with Crippen molar-refractivity contribution in [2.75, 3.05) is 18.5 Å². The van der Waals surface area contributed by atoms with Gasteiger partial charge in [0.25, 0.3) is 0 Å². The quantitative estimate of drug-likeness (QED) is 0.690. The second-order valence-corrected chi connectivity index (χ2v) is 6.29. The molecule has 3 N–H and O–H groups in total. The number of aliphatic hydroxyl groups excluding tert-OH is 1. The van der Waals surface area contributed by atoms with E-state index in [0.717, 1.165) is 12.8 Å². The van der Waals surface area contributed by atoms with E-state index in [9.17, 15) is 9.18 Å². The minimum atomic E-state index is -0.367. The predicted octanol–water partition coefficient (Wildman–Crippen LogP) is 3.51. The molecule has 0 radical (unpaired) electrons. The summed E-state index contributed by atoms with van der Waals surface area (Å²) in [5, 5.41) is 14.5. The van der Waals surface area contributed by atoms with Crippen LogP contribution in [0.1, 0.15) is 26.7 Å². The number of aliphatic hydroxyl groups is 1. The maximum Gasteiger partial charge on any atom is 0.319 e. The molecule has 0 aliphatic carbocycles. The van der Waals surface area contributed by atoms with Crippen LogP contribution in [0.25, 0.3) is 0 Å². The van der Waals surface area contributed by atoms with Gasteiger partial charge in [-0.25, -0.2) is 9.18 Å². The molecule has 2 amide bonds. The fraction of sp³-hybridized carbons (Fsp3) is 0.500. The van der Waals surface area contributed by atoms with Crippen molar-refractivity contribution in [3.8, 4) is 0 Å². The maximum atomic E-state index is 12.9. The molecule has 4 nitrogen and oxygen atoms in total. The first kappa shape index (κ1) is 16.9. The Kier molecular flexibility index (Phi) is 6.42. The summed E-state index contributed by atoms with van der Waals surface area (Å²) in [7, 11) is 0. The summed E-state index contributed by atoms with van der Waals surface area (Å²) in [5.74, 6) is -0.367. The molecule has 0 atom stereocenters. The molecule has 0 spiro atoms. The first-order valence-corrected chi connectivity index (χ1v) is 7.24. The maximum absolute atomic E-state index is 12.9. The Labute approximate surface area is 126 Å². The van der Waals surface area contributed by atoms with Gasteiger partial charge in [0.2, 0.25) is 0 Å². The zero-order chi connectivity index (χ0) is 15.2. The van der Waals surface area contributed by atoms with Gasteiger partial charge in [0, 0.05) is 17.6 Å². The molecule has 0 heterocycles. The van der Waals surface area contributed by atoms with E-state index in [4.69, 9.17) is 5.11 Å². The molecule has 112 valence electrons. The minimum Gasteiger partial charge on any atom is -0.396 e. The molecule has 0 aliphatic rings. The van der Waals surface area contributed by atoms with Crippen molar-refractivity contribution in [2.24, 2.45) is 5.41 Å². The topological polar surface area (TPSA) is 61.4 Å². The standard InChI is InChI=1S/C14H20BrFN2O2/c1-14(2,9-19)6-3-7-17-13(20)18-12-5-4-10(16)8-11(12)15/h4-5,8,19H,3,6-7,9H2,1-2H3,(H2,17,18,20). The van der Waals surface area contributed by atoms with Gasteiger partial charge in [-0.05, 0) is 52.4 Å². The van der Waals surface area contributed by atoms with Gasteiger partial charge < -0.3 is 15.7 Å². The number of benzene rings is 1. The summed E-state index contributed by atoms with van der Waals surface area (Å²) in [5.41, 5.74) is 0.387. The summed E-state index contributed by atoms with van der Waals surface area (Å²) < 4.78 is 13.4. The van der Waals surface area contributed by atoms with Gasteiger partial charge in [0.15, 0.2) is 0 Å². The largest absolute Gasteiger partial charge is 0.396 e. The van der Waals surface area contributed by atoms with Crippen LogP contribution >= 0.6 is 15.9 Å². The first-order valence-electron chi connectivity index (χ1n) is 6.45. The number of hydrogen-bond acceptors (Lipinski definition) is 2. The highest BCUT2D eigenvalue weighted by atomic mass is 79.9. The van der Waals surface area contributed by atoms with E-state index < -0.39 is 0 Å². The average molecular weight is 347 g/mol. The van der Waals surface area contributed by atoms with Crippen molar-refractivity contribution in [3.05, 3.63) is 28.5 Å². The van der Waals surface area contributed by atoms with E-state index in [1.165, 1.54) is 18.2 Å². The van der Waals surface area contributed by atoms with Gasteiger partial charge >= 0.3 is 6.03 Å². The lowest BCUT2D eigenvalue weighted by Gasteiger charge is -2.21. The summed E-state index contributed by atoms with van der Waals surface area (Å²) in [6.45, 7) is 4.60. The molecule has 0 aromatic heterocycles. The van der Waals surface area contributed by atoms with Gasteiger partial charge in [-0.1, -0.05) is 13.8 Å². The zero-order valence-corrected chi connectivity index (χ0v) is 13.3. The highest BCUT2D eigenvalue weighted by molar-refractivity contribution is 9.10. The Bertz CT molecular complexity index is 466. The number of halogens is 2. The molecule has 1 aromatic carbocycles. The number of carbonyl (C=O) groups excluding carboxylic acids is 1. The molecule has 0 fully saturated rings. The second-order valence-electron chi connectivity index (χ2n) is 5.43. The lowest BCUT2D eigenvalue weighted by atomic mass is 9.89. The normalized spacial score (nSPS) is 11.2. The zero-order valence-electron chi connectivity index (χ0n) is 11.7. The Morgan fingerprint density at radius 3 is 2.75 bits per heavy atom. The average Bonchev–Trinajstić information content (AvgIpc) is 2.38. The van der Waals surface area contributed by atoms with Crippen LogP contribution in [0.15, 0.2) is 22.7 Å². The molecule has 1 rings (SSSR count). The van der Waals surface area contributed by atoms with E-state index >= 15 is 0 Å². The molecule has 0 saturated heterocycles. The monoisotopic (exact) mass is 346 g/mol. The molecule has 20 heavy (non-hydrogen) atoms. The van der Waals surface area contributed by atoms with Gasteiger partial charge in [-0.15, -0.1) is 0 Å². The summed E-state index contributed by atoms with van der Waals surface area (Å²) in [6, 6.07) is 3.73. The molecule has 0 aliphatic heterocycles. The number of urea groups is 1. The number of rotatable bonds is 6. The van der Waals surface area contributed by atoms with Crippen molar-refractivity contribution in [3.63, 3.8) is 0 Å². The SMILES string of the molecule is CC(C)(CO)CCCNC(=O)Nc1ccc(F)cc1Br. The molecule has 0 unspecified atom stereocenters. The van der Waals surface area contributed by atoms with E-state index in [2.05, 4.69) is 26.6 Å². The van der Waals surface area contributed by atoms with Gasteiger partial charge in [0.1, 0.15) is 5.82 Å². The van der Waals surface area contributed by atoms with Gasteiger partial charge in [-0.3, -0.25) is 0 Å². The summed E-state index contributed by atoms with van der Waals surface area (Å²) in [4.78, 5) is 11.7. The van der Waals surface area contributed by atoms with E-state index in [1.807, 2.05) is 13.8 Å². The third kappa shape index (κ3) is 5.88. The Morgan fingerprint density at radius 1 is 1.45 bits per heavy atom. The first-order chi connectivity index (χ1) is 9.34. The lowest BCUT2D eigenvalue weighted by molar-refractivity contribution is 0.148. The van der Waals surface area contributed by atoms with Gasteiger partial charge in [-0.2, -0.15) is 0 Å². The van der Waals surface area contributed by atoms with Crippen LogP contribution in [0.5, 0.6) is 0 Å². The Morgan fingerprint density at radius 2 is 2.15 bits per heavy atom. The Balaban J connectivity index is 2.34. The Hall–Kier alpha value is -1.14. The van der Waals surface area contributed by atoms with Crippen LogP contribution in [0.2, 0.25) is 0 Å². The lowest BCUT2D eigenvalue weighted by Crippen LogP contribution is -2.30. The number of anilines is 1. The number of nitrogens with one attached hydrogen (secondary N) is 2. The van der Waals surface area contributed by atoms with Crippen LogP contribution < -0.4 is 10.6 Å². The molecule has 6 heteroatoms. The third-order valence-corrected chi connectivity index (χ3v) is 3.58. The van der Waals surface area contributed by atoms with Gasteiger partial charge in [0.05, 0.1) is 5.69 Å². The van der Waals surface area contributed by atoms with Crippen molar-refractivity contribution in [1.82, 2.24) is 5.32 Å². The second kappa shape index (κ2) is 7.59. The molecule has 1 aromatic rings. The fourth-order valence-electron chi connectivity index (χ4n) is 1.61. The summed E-state index contributed by atoms with van der Waals surface area (Å²) in [6.07, 6.45) is 1.61. The van der Waals surface area contributed by atoms with E-state index in [1.54, 1.807) is 0 Å². The number of carbonyl (C=O) groups is 1. The smallest absolute Gasteiger partial charge is 0.319 e. The highest BCUT2D eigenvalue weighted by Gasteiger charge is 2.15. The fourth-order valence-corrected chi connectivity index (χ4v) is 2.06. The minimum absolute atomic E-state index is 0.127. The molecule has 0 saturated carbocycles. The van der Waals surface area contributed by atoms with Crippen molar-refractivity contribution in [2.45, 2.75) is 26.7 Å². The van der Waals surface area contributed by atoms with Crippen molar-refractivity contribution >= 4 is 27.6 Å². The molecular weight excluding hydrogens is 327 g/mol. The van der Waals surface area contributed by atoms with Crippen LogP contribution in [-0.2, 0) is 0 Å². The van der Waals surface area contributed by atoms with Crippen LogP contribution in [-0.4, -0.2) is 24.3 Å². The van der Waals surface area contributed by atoms with Crippen LogP contribution in [0.3, 0.4) is 0 Å². The molecule has 0 bridgehead atoms. The summed E-state index contributed by atoms with van der Waals surface area (Å²) >= 11 is 3.18. The highest BCUT2D eigenvalue weighted by Crippen LogP contribution is 2.23. The van der Waals surface area contributed by atoms with Crippen molar-refractivity contribution < 1.29 is 14.3 Å². The van der Waals surface area contributed by atoms with Crippen LogP contribution in [0.4, 0.5) is 14.9 Å². The third-order valence-electron chi connectivity index (χ3n) is 2.92. The van der Waals surface area contributed by atoms with Crippen LogP contribution in [0, 0.1) is 11.2 Å². The predicted molar refractivity (Wildman–Crippen MR) is 81.2 cm³/mol.